The van der Waals surface area contributed by atoms with E-state index in [1.165, 1.54) is 17.8 Å². The molecule has 0 saturated carbocycles. The standard InChI is InChI=1S/C14H9F3OS/c1-19-11-5-3-2-4-8(11)14(18)9-6-7-10(15)13(17)12(9)16/h2-7H,1H3. The Morgan fingerprint density at radius 3 is 2.32 bits per heavy atom. The van der Waals surface area contributed by atoms with Crippen LogP contribution in [-0.2, 0) is 0 Å². The van der Waals surface area contributed by atoms with Crippen molar-refractivity contribution in [2.24, 2.45) is 0 Å². The van der Waals surface area contributed by atoms with Crippen LogP contribution >= 0.6 is 11.8 Å². The molecule has 0 atom stereocenters. The first-order valence-electron chi connectivity index (χ1n) is 5.37. The highest BCUT2D eigenvalue weighted by Crippen LogP contribution is 2.25. The summed E-state index contributed by atoms with van der Waals surface area (Å²) >= 11 is 1.32. The highest BCUT2D eigenvalue weighted by Gasteiger charge is 2.21. The van der Waals surface area contributed by atoms with Crippen LogP contribution in [0.5, 0.6) is 0 Å². The van der Waals surface area contributed by atoms with E-state index in [1.54, 1.807) is 24.5 Å². The van der Waals surface area contributed by atoms with Crippen molar-refractivity contribution in [3.63, 3.8) is 0 Å². The molecule has 0 unspecified atom stereocenters. The molecule has 0 saturated heterocycles. The number of carbonyl (C=O) groups is 1. The zero-order chi connectivity index (χ0) is 14.0. The number of hydrogen-bond acceptors (Lipinski definition) is 2. The molecule has 0 N–H and O–H groups in total. The molecule has 1 nitrogen and oxygen atoms in total. The summed E-state index contributed by atoms with van der Waals surface area (Å²) in [5.41, 5.74) is -0.208. The Hall–Kier alpha value is -1.75. The van der Waals surface area contributed by atoms with Gasteiger partial charge in [-0.15, -0.1) is 11.8 Å². The van der Waals surface area contributed by atoms with Gasteiger partial charge in [-0.1, -0.05) is 12.1 Å². The summed E-state index contributed by atoms with van der Waals surface area (Å²) in [6.07, 6.45) is 1.77. The Labute approximate surface area is 112 Å². The third-order valence-corrected chi connectivity index (χ3v) is 3.43. The predicted octanol–water partition coefficient (Wildman–Crippen LogP) is 4.06. The van der Waals surface area contributed by atoms with Gasteiger partial charge in [-0.25, -0.2) is 13.2 Å². The summed E-state index contributed by atoms with van der Waals surface area (Å²) in [5.74, 6) is -5.07. The van der Waals surface area contributed by atoms with Gasteiger partial charge < -0.3 is 0 Å². The maximum atomic E-state index is 13.6. The van der Waals surface area contributed by atoms with Gasteiger partial charge in [0.05, 0.1) is 5.56 Å². The molecule has 0 bridgehead atoms. The van der Waals surface area contributed by atoms with E-state index in [2.05, 4.69) is 0 Å². The maximum Gasteiger partial charge on any atom is 0.197 e. The first-order chi connectivity index (χ1) is 9.06. The molecular weight excluding hydrogens is 273 g/mol. The van der Waals surface area contributed by atoms with Crippen molar-refractivity contribution < 1.29 is 18.0 Å². The number of hydrogen-bond donors (Lipinski definition) is 0. The van der Waals surface area contributed by atoms with Crippen LogP contribution in [0.4, 0.5) is 13.2 Å². The number of thioether (sulfide) groups is 1. The molecular formula is C14H9F3OS. The minimum Gasteiger partial charge on any atom is -0.288 e. The zero-order valence-electron chi connectivity index (χ0n) is 9.91. The predicted molar refractivity (Wildman–Crippen MR) is 68.0 cm³/mol. The van der Waals surface area contributed by atoms with Crippen molar-refractivity contribution in [2.75, 3.05) is 6.26 Å². The van der Waals surface area contributed by atoms with Crippen LogP contribution in [0.15, 0.2) is 41.3 Å². The first kappa shape index (κ1) is 13.7. The lowest BCUT2D eigenvalue weighted by atomic mass is 10.0. The second-order valence-electron chi connectivity index (χ2n) is 3.75. The van der Waals surface area contributed by atoms with E-state index in [0.29, 0.717) is 4.90 Å². The minimum atomic E-state index is -1.63. The molecule has 2 rings (SSSR count). The van der Waals surface area contributed by atoms with Crippen molar-refractivity contribution in [1.82, 2.24) is 0 Å². The van der Waals surface area contributed by atoms with Gasteiger partial charge in [0, 0.05) is 10.5 Å². The van der Waals surface area contributed by atoms with Gasteiger partial charge in [-0.2, -0.15) is 0 Å². The molecule has 0 aliphatic heterocycles. The van der Waals surface area contributed by atoms with E-state index in [4.69, 9.17) is 0 Å². The number of benzene rings is 2. The lowest BCUT2D eigenvalue weighted by Gasteiger charge is -2.07. The quantitative estimate of drug-likeness (QED) is 0.480. The van der Waals surface area contributed by atoms with E-state index in [9.17, 15) is 18.0 Å². The minimum absolute atomic E-state index is 0.264. The molecule has 2 aromatic carbocycles. The molecule has 0 aromatic heterocycles. The zero-order valence-corrected chi connectivity index (χ0v) is 10.7. The van der Waals surface area contributed by atoms with E-state index in [1.807, 2.05) is 0 Å². The van der Waals surface area contributed by atoms with Crippen LogP contribution in [0.25, 0.3) is 0 Å². The SMILES string of the molecule is CSc1ccccc1C(=O)c1ccc(F)c(F)c1F. The second kappa shape index (κ2) is 5.48. The molecule has 0 aliphatic carbocycles. The third-order valence-electron chi connectivity index (χ3n) is 2.63. The monoisotopic (exact) mass is 282 g/mol. The van der Waals surface area contributed by atoms with Gasteiger partial charge in [-0.05, 0) is 30.5 Å². The largest absolute Gasteiger partial charge is 0.288 e. The van der Waals surface area contributed by atoms with E-state index in [-0.39, 0.29) is 5.56 Å². The molecule has 0 amide bonds. The number of rotatable bonds is 3. The van der Waals surface area contributed by atoms with Crippen molar-refractivity contribution >= 4 is 17.5 Å². The third kappa shape index (κ3) is 2.51. The Kier molecular flexibility index (Phi) is 3.95. The van der Waals surface area contributed by atoms with E-state index in [0.717, 1.165) is 12.1 Å². The number of ketones is 1. The summed E-state index contributed by atoms with van der Waals surface area (Å²) in [4.78, 5) is 12.8. The summed E-state index contributed by atoms with van der Waals surface area (Å²) in [7, 11) is 0. The highest BCUT2D eigenvalue weighted by atomic mass is 32.2. The topological polar surface area (TPSA) is 17.1 Å². The second-order valence-corrected chi connectivity index (χ2v) is 4.60. The normalized spacial score (nSPS) is 10.5. The Morgan fingerprint density at radius 2 is 1.63 bits per heavy atom. The Balaban J connectivity index is 2.54. The molecule has 0 spiro atoms. The van der Waals surface area contributed by atoms with Crippen molar-refractivity contribution in [2.45, 2.75) is 4.90 Å². The fourth-order valence-corrected chi connectivity index (χ4v) is 2.27. The number of halogens is 3. The molecule has 19 heavy (non-hydrogen) atoms. The summed E-state index contributed by atoms with van der Waals surface area (Å²) in [6.45, 7) is 0. The van der Waals surface area contributed by atoms with Crippen molar-refractivity contribution in [1.29, 1.82) is 0 Å². The fourth-order valence-electron chi connectivity index (χ4n) is 1.68. The highest BCUT2D eigenvalue weighted by molar-refractivity contribution is 7.98. The van der Waals surface area contributed by atoms with Gasteiger partial charge >= 0.3 is 0 Å². The summed E-state index contributed by atoms with van der Waals surface area (Å²) in [6, 6.07) is 8.29. The fraction of sp³-hybridized carbons (Fsp3) is 0.0714. The molecule has 5 heteroatoms. The molecule has 0 heterocycles. The van der Waals surface area contributed by atoms with Crippen LogP contribution in [0.2, 0.25) is 0 Å². The summed E-state index contributed by atoms with van der Waals surface area (Å²) in [5, 5.41) is 0. The van der Waals surface area contributed by atoms with Crippen LogP contribution < -0.4 is 0 Å². The first-order valence-corrected chi connectivity index (χ1v) is 6.60. The van der Waals surface area contributed by atoms with Gasteiger partial charge in [0.25, 0.3) is 0 Å². The Morgan fingerprint density at radius 1 is 0.947 bits per heavy atom. The van der Waals surface area contributed by atoms with Gasteiger partial charge in [-0.3, -0.25) is 4.79 Å². The average Bonchev–Trinajstić information content (AvgIpc) is 2.44. The van der Waals surface area contributed by atoms with Gasteiger partial charge in [0.15, 0.2) is 23.2 Å². The average molecular weight is 282 g/mol. The molecule has 0 radical (unpaired) electrons. The number of carbonyl (C=O) groups excluding carboxylic acids is 1. The van der Waals surface area contributed by atoms with E-state index >= 15 is 0 Å². The molecule has 0 fully saturated rings. The lowest BCUT2D eigenvalue weighted by Crippen LogP contribution is -2.08. The van der Waals surface area contributed by atoms with Crippen LogP contribution in [-0.4, -0.2) is 12.0 Å². The van der Waals surface area contributed by atoms with Crippen LogP contribution in [0.1, 0.15) is 15.9 Å². The maximum absolute atomic E-state index is 13.6. The molecule has 98 valence electrons. The van der Waals surface area contributed by atoms with Gasteiger partial charge in [0.1, 0.15) is 0 Å². The smallest absolute Gasteiger partial charge is 0.197 e. The van der Waals surface area contributed by atoms with Crippen LogP contribution in [0.3, 0.4) is 0 Å². The van der Waals surface area contributed by atoms with Crippen molar-refractivity contribution in [3.05, 3.63) is 65.0 Å². The van der Waals surface area contributed by atoms with E-state index < -0.39 is 28.8 Å². The molecule has 2 aromatic rings. The summed E-state index contributed by atoms with van der Waals surface area (Å²) < 4.78 is 39.6. The van der Waals surface area contributed by atoms with Crippen LogP contribution in [0, 0.1) is 17.5 Å². The Bertz CT molecular complexity index is 641. The lowest BCUT2D eigenvalue weighted by molar-refractivity contribution is 0.103. The molecule has 0 aliphatic rings. The van der Waals surface area contributed by atoms with Crippen molar-refractivity contribution in [3.8, 4) is 0 Å². The van der Waals surface area contributed by atoms with Gasteiger partial charge in [0.2, 0.25) is 0 Å².